The molecule has 4 aromatic rings. The van der Waals surface area contributed by atoms with Crippen molar-refractivity contribution in [1.82, 2.24) is 10.1 Å². The molecular formula is C34H28FN5O10. The number of halogens is 1. The van der Waals surface area contributed by atoms with E-state index in [1.54, 1.807) is 12.1 Å². The Bertz CT molecular complexity index is 2040. The smallest absolute Gasteiger partial charge is 0.304 e. The van der Waals surface area contributed by atoms with E-state index in [-0.39, 0.29) is 65.7 Å². The van der Waals surface area contributed by atoms with E-state index in [9.17, 15) is 38.3 Å². The van der Waals surface area contributed by atoms with Gasteiger partial charge in [0.2, 0.25) is 5.91 Å². The van der Waals surface area contributed by atoms with E-state index in [1.165, 1.54) is 52.3 Å². The van der Waals surface area contributed by atoms with Gasteiger partial charge in [0.05, 0.1) is 54.2 Å². The van der Waals surface area contributed by atoms with Crippen LogP contribution in [0.25, 0.3) is 11.0 Å². The maximum Gasteiger partial charge on any atom is 0.304 e. The Morgan fingerprint density at radius 3 is 2.36 bits per heavy atom. The van der Waals surface area contributed by atoms with Gasteiger partial charge in [0.15, 0.2) is 11.4 Å². The minimum absolute atomic E-state index is 0.00512. The molecule has 0 spiro atoms. The quantitative estimate of drug-likeness (QED) is 0.260. The molecule has 2 saturated heterocycles. The van der Waals surface area contributed by atoms with Crippen LogP contribution in [-0.2, 0) is 23.9 Å². The maximum atomic E-state index is 14.8. The predicted molar refractivity (Wildman–Crippen MR) is 171 cm³/mol. The van der Waals surface area contributed by atoms with Gasteiger partial charge in [-0.15, -0.1) is 0 Å². The van der Waals surface area contributed by atoms with Gasteiger partial charge in [0, 0.05) is 37.1 Å². The van der Waals surface area contributed by atoms with Gasteiger partial charge in [-0.25, -0.2) is 9.29 Å². The number of rotatable bonds is 8. The third-order valence-corrected chi connectivity index (χ3v) is 8.74. The number of ether oxygens (including phenoxy) is 2. The van der Waals surface area contributed by atoms with Crippen LogP contribution < -0.4 is 15.1 Å². The summed E-state index contributed by atoms with van der Waals surface area (Å²) in [6.45, 7) is 1.12. The number of carboxylic acids is 1. The van der Waals surface area contributed by atoms with Gasteiger partial charge in [-0.05, 0) is 42.5 Å². The fourth-order valence-electron chi connectivity index (χ4n) is 6.24. The first-order valence-corrected chi connectivity index (χ1v) is 15.6. The summed E-state index contributed by atoms with van der Waals surface area (Å²) < 4.78 is 31.1. The monoisotopic (exact) mass is 685 g/mol. The van der Waals surface area contributed by atoms with Crippen LogP contribution in [0.15, 0.2) is 65.2 Å². The number of benzene rings is 3. The third-order valence-electron chi connectivity index (χ3n) is 8.74. The molecule has 16 heteroatoms. The number of amides is 5. The Morgan fingerprint density at radius 1 is 0.940 bits per heavy atom. The summed E-state index contributed by atoms with van der Waals surface area (Å²) >= 11 is 0. The summed E-state index contributed by atoms with van der Waals surface area (Å²) in [5, 5.41) is 16.5. The largest absolute Gasteiger partial charge is 0.481 e. The van der Waals surface area contributed by atoms with Crippen molar-refractivity contribution in [3.63, 3.8) is 0 Å². The second-order valence-corrected chi connectivity index (χ2v) is 11.8. The van der Waals surface area contributed by atoms with Crippen LogP contribution in [0.1, 0.15) is 37.5 Å². The summed E-state index contributed by atoms with van der Waals surface area (Å²) in [6.07, 6.45) is -2.30. The number of nitrogens with zero attached hydrogens (tertiary/aromatic N) is 4. The van der Waals surface area contributed by atoms with Gasteiger partial charge >= 0.3 is 5.97 Å². The summed E-state index contributed by atoms with van der Waals surface area (Å²) in [5.41, 5.74) is 0.643. The number of hydrogen-bond acceptors (Lipinski definition) is 10. The fraction of sp³-hybridized carbons (Fsp3) is 0.265. The lowest BCUT2D eigenvalue weighted by Gasteiger charge is -2.35. The van der Waals surface area contributed by atoms with Crippen molar-refractivity contribution in [1.29, 1.82) is 0 Å². The van der Waals surface area contributed by atoms with Crippen LogP contribution in [0.4, 0.5) is 21.6 Å². The number of fused-ring (bicyclic) bond motifs is 2. The molecule has 3 aliphatic heterocycles. The number of nitrogens with one attached hydrogen (secondary N) is 1. The van der Waals surface area contributed by atoms with Gasteiger partial charge in [-0.3, -0.25) is 28.8 Å². The number of aliphatic carboxylic acids is 1. The van der Waals surface area contributed by atoms with E-state index in [4.69, 9.17) is 14.0 Å². The maximum absolute atomic E-state index is 14.8. The lowest BCUT2D eigenvalue weighted by atomic mass is 9.94. The highest BCUT2D eigenvalue weighted by molar-refractivity contribution is 6.35. The van der Waals surface area contributed by atoms with E-state index >= 15 is 0 Å². The molecule has 0 saturated carbocycles. The van der Waals surface area contributed by atoms with Gasteiger partial charge in [0.1, 0.15) is 11.9 Å². The van der Waals surface area contributed by atoms with Crippen LogP contribution in [0.3, 0.4) is 0 Å². The van der Waals surface area contributed by atoms with Crippen LogP contribution in [0.2, 0.25) is 0 Å². The summed E-state index contributed by atoms with van der Waals surface area (Å²) in [5.74, 6) is -6.97. The number of carboxylic acid groups (broad SMARTS) is 1. The Labute approximate surface area is 282 Å². The summed E-state index contributed by atoms with van der Waals surface area (Å²) in [7, 11) is 0. The zero-order chi connectivity index (χ0) is 35.1. The van der Waals surface area contributed by atoms with Crippen LogP contribution >= 0.6 is 0 Å². The first kappa shape index (κ1) is 32.5. The second kappa shape index (κ2) is 13.1. The van der Waals surface area contributed by atoms with E-state index < -0.39 is 59.8 Å². The van der Waals surface area contributed by atoms with Gasteiger partial charge in [-0.2, -0.15) is 0 Å². The van der Waals surface area contributed by atoms with Gasteiger partial charge < -0.3 is 34.2 Å². The molecule has 0 aliphatic carbocycles. The zero-order valence-electron chi connectivity index (χ0n) is 26.2. The molecule has 3 aromatic carbocycles. The van der Waals surface area contributed by atoms with E-state index in [2.05, 4.69) is 10.5 Å². The van der Waals surface area contributed by atoms with Crippen molar-refractivity contribution in [3.8, 4) is 0 Å². The number of imide groups is 1. The van der Waals surface area contributed by atoms with E-state index in [0.29, 0.717) is 18.6 Å². The highest BCUT2D eigenvalue weighted by Gasteiger charge is 2.42. The SMILES string of the molecule is O=C(O)C[C@@H](C(=O)Nc1ccc2c(N3C(=O)c4ccccc4C3=O)noc2c1)[C@H]1OCCN(c2ccc(F)c(C(=O)N3CCOCC3)c2)C1=O. The first-order chi connectivity index (χ1) is 24.1. The van der Waals surface area contributed by atoms with Crippen molar-refractivity contribution in [3.05, 3.63) is 83.2 Å². The topological polar surface area (TPSA) is 189 Å². The molecule has 7 rings (SSSR count). The number of aromatic nitrogens is 1. The Morgan fingerprint density at radius 2 is 1.66 bits per heavy atom. The Balaban J connectivity index is 1.10. The molecule has 2 fully saturated rings. The van der Waals surface area contributed by atoms with Gasteiger partial charge in [0.25, 0.3) is 23.6 Å². The molecule has 0 radical (unpaired) electrons. The third kappa shape index (κ3) is 5.83. The number of anilines is 3. The average Bonchev–Trinajstić information content (AvgIpc) is 3.64. The van der Waals surface area contributed by atoms with E-state index in [1.807, 2.05) is 0 Å². The second-order valence-electron chi connectivity index (χ2n) is 11.8. The number of morpholine rings is 2. The lowest BCUT2D eigenvalue weighted by Crippen LogP contribution is -2.53. The highest BCUT2D eigenvalue weighted by atomic mass is 19.1. The Kier molecular flexibility index (Phi) is 8.55. The van der Waals surface area contributed by atoms with Crippen LogP contribution in [-0.4, -0.2) is 96.2 Å². The van der Waals surface area contributed by atoms with Crippen molar-refractivity contribution in [2.45, 2.75) is 12.5 Å². The number of carbonyl (C=O) groups is 6. The molecule has 5 amide bonds. The van der Waals surface area contributed by atoms with Gasteiger partial charge in [-0.1, -0.05) is 17.3 Å². The average molecular weight is 686 g/mol. The standard InChI is InChI=1S/C34H28FN5O10/c35-25-8-6-19(16-23(25)31(44)38-9-12-48-13-10-38)39-11-14-49-28(34(39)47)24(17-27(41)42)30(43)36-18-5-7-22-26(15-18)50-37-29(22)40-32(45)20-3-1-2-4-21(20)33(40)46/h1-8,15-16,24,28H,9-14,17H2,(H,36,43)(H,41,42)/t24-,28-/m1/s1. The minimum Gasteiger partial charge on any atom is -0.481 e. The van der Waals surface area contributed by atoms with Crippen LogP contribution in [0.5, 0.6) is 0 Å². The molecule has 15 nitrogen and oxygen atoms in total. The fourth-order valence-corrected chi connectivity index (χ4v) is 6.24. The summed E-state index contributed by atoms with van der Waals surface area (Å²) in [4.78, 5) is 81.8. The predicted octanol–water partition coefficient (Wildman–Crippen LogP) is 2.70. The molecule has 1 aromatic heterocycles. The lowest BCUT2D eigenvalue weighted by molar-refractivity contribution is -0.149. The summed E-state index contributed by atoms with van der Waals surface area (Å²) in [6, 6.07) is 14.3. The normalized spacial score (nSPS) is 18.4. The molecule has 256 valence electrons. The zero-order valence-corrected chi connectivity index (χ0v) is 26.2. The molecule has 3 aliphatic rings. The van der Waals surface area contributed by atoms with Crippen molar-refractivity contribution in [2.24, 2.45) is 5.92 Å². The highest BCUT2D eigenvalue weighted by Crippen LogP contribution is 2.34. The Hall–Kier alpha value is -6.00. The molecular weight excluding hydrogens is 657 g/mol. The first-order valence-electron chi connectivity index (χ1n) is 15.6. The van der Waals surface area contributed by atoms with Crippen molar-refractivity contribution >= 4 is 63.7 Å². The minimum atomic E-state index is -1.53. The number of hydrogen-bond donors (Lipinski definition) is 2. The molecule has 0 unspecified atom stereocenters. The van der Waals surface area contributed by atoms with Crippen LogP contribution in [0, 0.1) is 11.7 Å². The molecule has 50 heavy (non-hydrogen) atoms. The van der Waals surface area contributed by atoms with E-state index in [0.717, 1.165) is 11.0 Å². The molecule has 0 bridgehead atoms. The van der Waals surface area contributed by atoms with Crippen molar-refractivity contribution < 1.29 is 52.3 Å². The molecule has 4 heterocycles. The molecule has 2 N–H and O–H groups in total. The van der Waals surface area contributed by atoms with Crippen molar-refractivity contribution in [2.75, 3.05) is 54.6 Å². The molecule has 2 atom stereocenters. The number of carbonyl (C=O) groups excluding carboxylic acids is 5.